The van der Waals surface area contributed by atoms with Crippen LogP contribution in [0.1, 0.15) is 58.9 Å². The van der Waals surface area contributed by atoms with Gasteiger partial charge in [0.05, 0.1) is 6.61 Å². The third-order valence-electron chi connectivity index (χ3n) is 4.94. The Morgan fingerprint density at radius 1 is 1.03 bits per heavy atom. The number of carbonyl (C=O) groups is 2. The SMILES string of the molecule is CCOC(=O)c1c(NC(=O)c2ccc(C(C)(C)C)cc2)sc(C)c1-c1ccc(F)cc1. The standard InChI is InChI=1S/C25H26FNO3S/c1-6-30-24(29)21-20(16-9-13-19(26)14-10-16)15(2)31-23(21)27-22(28)17-7-11-18(12-8-17)25(3,4)5/h7-14H,6H2,1-5H3,(H,27,28). The second-order valence-electron chi connectivity index (χ2n) is 8.25. The maximum atomic E-state index is 13.4. The molecule has 3 aromatic rings. The molecule has 1 N–H and O–H groups in total. The van der Waals surface area contributed by atoms with E-state index in [1.54, 1.807) is 31.2 Å². The van der Waals surface area contributed by atoms with Crippen molar-refractivity contribution in [3.63, 3.8) is 0 Å². The number of thiophene rings is 1. The molecule has 1 aromatic heterocycles. The van der Waals surface area contributed by atoms with E-state index < -0.39 is 5.97 Å². The van der Waals surface area contributed by atoms with Gasteiger partial charge in [-0.2, -0.15) is 0 Å². The Balaban J connectivity index is 1.98. The quantitative estimate of drug-likeness (QED) is 0.456. The zero-order valence-corrected chi connectivity index (χ0v) is 19.2. The topological polar surface area (TPSA) is 55.4 Å². The first-order valence-corrected chi connectivity index (χ1v) is 10.9. The van der Waals surface area contributed by atoms with Gasteiger partial charge >= 0.3 is 5.97 Å². The Labute approximate surface area is 186 Å². The highest BCUT2D eigenvalue weighted by Crippen LogP contribution is 2.40. The zero-order chi connectivity index (χ0) is 22.8. The zero-order valence-electron chi connectivity index (χ0n) is 18.3. The van der Waals surface area contributed by atoms with Crippen molar-refractivity contribution in [2.24, 2.45) is 0 Å². The molecule has 1 heterocycles. The van der Waals surface area contributed by atoms with Crippen LogP contribution in [0.15, 0.2) is 48.5 Å². The van der Waals surface area contributed by atoms with Crippen molar-refractivity contribution in [2.75, 3.05) is 11.9 Å². The number of anilines is 1. The van der Waals surface area contributed by atoms with Crippen molar-refractivity contribution < 1.29 is 18.7 Å². The molecule has 6 heteroatoms. The molecule has 0 aliphatic rings. The highest BCUT2D eigenvalue weighted by atomic mass is 32.1. The average molecular weight is 440 g/mol. The number of hydrogen-bond donors (Lipinski definition) is 1. The Kier molecular flexibility index (Phi) is 6.60. The predicted octanol–water partition coefficient (Wildman–Crippen LogP) is 6.59. The van der Waals surface area contributed by atoms with Crippen molar-refractivity contribution in [2.45, 2.75) is 40.0 Å². The van der Waals surface area contributed by atoms with E-state index in [9.17, 15) is 14.0 Å². The highest BCUT2D eigenvalue weighted by molar-refractivity contribution is 7.17. The first-order valence-electron chi connectivity index (χ1n) is 10.1. The number of carbonyl (C=O) groups excluding carboxylic acids is 2. The number of halogens is 1. The maximum Gasteiger partial charge on any atom is 0.341 e. The first kappa shape index (κ1) is 22.7. The van der Waals surface area contributed by atoms with Crippen molar-refractivity contribution in [3.05, 3.63) is 75.9 Å². The molecule has 0 fully saturated rings. The lowest BCUT2D eigenvalue weighted by Crippen LogP contribution is -2.16. The smallest absolute Gasteiger partial charge is 0.341 e. The molecule has 3 rings (SSSR count). The molecule has 162 valence electrons. The minimum atomic E-state index is -0.524. The third kappa shape index (κ3) is 5.02. The van der Waals surface area contributed by atoms with Crippen molar-refractivity contribution in [3.8, 4) is 11.1 Å². The van der Waals surface area contributed by atoms with E-state index in [1.807, 2.05) is 19.1 Å². The minimum Gasteiger partial charge on any atom is -0.462 e. The normalized spacial score (nSPS) is 11.3. The number of rotatable bonds is 5. The summed E-state index contributed by atoms with van der Waals surface area (Å²) in [7, 11) is 0. The fourth-order valence-electron chi connectivity index (χ4n) is 3.29. The molecule has 1 amide bonds. The van der Waals surface area contributed by atoms with Gasteiger partial charge in [0.25, 0.3) is 5.91 Å². The maximum absolute atomic E-state index is 13.4. The lowest BCUT2D eigenvalue weighted by molar-refractivity contribution is 0.0529. The molecule has 0 unspecified atom stereocenters. The Morgan fingerprint density at radius 2 is 1.65 bits per heavy atom. The summed E-state index contributed by atoms with van der Waals surface area (Å²) in [4.78, 5) is 26.5. The molecule has 0 atom stereocenters. The number of ether oxygens (including phenoxy) is 1. The lowest BCUT2D eigenvalue weighted by Gasteiger charge is -2.19. The second kappa shape index (κ2) is 9.02. The van der Waals surface area contributed by atoms with Crippen LogP contribution in [0.25, 0.3) is 11.1 Å². The van der Waals surface area contributed by atoms with E-state index in [0.717, 1.165) is 10.4 Å². The molecular formula is C25H26FNO3S. The summed E-state index contributed by atoms with van der Waals surface area (Å²) in [6.45, 7) is 10.1. The summed E-state index contributed by atoms with van der Waals surface area (Å²) in [6.07, 6.45) is 0. The van der Waals surface area contributed by atoms with Gasteiger partial charge in [0, 0.05) is 16.0 Å². The van der Waals surface area contributed by atoms with Crippen LogP contribution in [0.2, 0.25) is 0 Å². The second-order valence-corrected chi connectivity index (χ2v) is 9.47. The Bertz CT molecular complexity index is 1090. The summed E-state index contributed by atoms with van der Waals surface area (Å²) in [5.74, 6) is -1.19. The summed E-state index contributed by atoms with van der Waals surface area (Å²) in [6, 6.07) is 13.3. The molecule has 0 saturated heterocycles. The van der Waals surface area contributed by atoms with Crippen LogP contribution in [0.4, 0.5) is 9.39 Å². The summed E-state index contributed by atoms with van der Waals surface area (Å²) >= 11 is 1.30. The molecule has 0 bridgehead atoms. The number of amides is 1. The van der Waals surface area contributed by atoms with Gasteiger partial charge in [0.15, 0.2) is 0 Å². The van der Waals surface area contributed by atoms with Gasteiger partial charge in [0.2, 0.25) is 0 Å². The molecule has 0 spiro atoms. The fourth-order valence-corrected chi connectivity index (χ4v) is 4.35. The van der Waals surface area contributed by atoms with Crippen LogP contribution in [0, 0.1) is 12.7 Å². The van der Waals surface area contributed by atoms with Crippen LogP contribution in [-0.4, -0.2) is 18.5 Å². The van der Waals surface area contributed by atoms with Crippen molar-refractivity contribution in [1.82, 2.24) is 0 Å². The highest BCUT2D eigenvalue weighted by Gasteiger charge is 2.26. The number of nitrogens with one attached hydrogen (secondary N) is 1. The van der Waals surface area contributed by atoms with Crippen LogP contribution in [-0.2, 0) is 10.2 Å². The van der Waals surface area contributed by atoms with Crippen LogP contribution >= 0.6 is 11.3 Å². The van der Waals surface area contributed by atoms with Gasteiger partial charge in [-0.1, -0.05) is 45.0 Å². The van der Waals surface area contributed by atoms with E-state index in [0.29, 0.717) is 21.7 Å². The molecule has 0 aliphatic carbocycles. The Morgan fingerprint density at radius 3 is 2.19 bits per heavy atom. The number of hydrogen-bond acceptors (Lipinski definition) is 4. The van der Waals surface area contributed by atoms with Gasteiger partial charge in [-0.15, -0.1) is 11.3 Å². The fraction of sp³-hybridized carbons (Fsp3) is 0.280. The molecular weight excluding hydrogens is 413 g/mol. The summed E-state index contributed by atoms with van der Waals surface area (Å²) < 4.78 is 18.7. The minimum absolute atomic E-state index is 0.0129. The van der Waals surface area contributed by atoms with Crippen LogP contribution in [0.3, 0.4) is 0 Å². The van der Waals surface area contributed by atoms with Gasteiger partial charge < -0.3 is 10.1 Å². The monoisotopic (exact) mass is 439 g/mol. The first-order chi connectivity index (χ1) is 14.6. The molecule has 31 heavy (non-hydrogen) atoms. The van der Waals surface area contributed by atoms with E-state index in [2.05, 4.69) is 26.1 Å². The number of aryl methyl sites for hydroxylation is 1. The third-order valence-corrected chi connectivity index (χ3v) is 5.96. The van der Waals surface area contributed by atoms with Gasteiger partial charge in [0.1, 0.15) is 16.4 Å². The van der Waals surface area contributed by atoms with E-state index in [4.69, 9.17) is 4.74 Å². The molecule has 4 nitrogen and oxygen atoms in total. The van der Waals surface area contributed by atoms with Gasteiger partial charge in [-0.25, -0.2) is 9.18 Å². The van der Waals surface area contributed by atoms with Crippen LogP contribution < -0.4 is 5.32 Å². The molecule has 0 aliphatic heterocycles. The predicted molar refractivity (Wildman–Crippen MR) is 124 cm³/mol. The van der Waals surface area contributed by atoms with Crippen molar-refractivity contribution in [1.29, 1.82) is 0 Å². The van der Waals surface area contributed by atoms with E-state index >= 15 is 0 Å². The molecule has 2 aromatic carbocycles. The van der Waals surface area contributed by atoms with Gasteiger partial charge in [-0.05, 0) is 54.7 Å². The largest absolute Gasteiger partial charge is 0.462 e. The van der Waals surface area contributed by atoms with Crippen LogP contribution in [0.5, 0.6) is 0 Å². The number of benzene rings is 2. The van der Waals surface area contributed by atoms with E-state index in [-0.39, 0.29) is 29.3 Å². The van der Waals surface area contributed by atoms with Crippen molar-refractivity contribution >= 4 is 28.2 Å². The number of esters is 1. The molecule has 0 saturated carbocycles. The van der Waals surface area contributed by atoms with Gasteiger partial charge in [-0.3, -0.25) is 4.79 Å². The molecule has 0 radical (unpaired) electrons. The van der Waals surface area contributed by atoms with E-state index in [1.165, 1.54) is 23.5 Å². The lowest BCUT2D eigenvalue weighted by atomic mass is 9.87. The Hall–Kier alpha value is -2.99. The average Bonchev–Trinajstić information content (AvgIpc) is 3.04. The summed E-state index contributed by atoms with van der Waals surface area (Å²) in [5, 5.41) is 3.29. The summed E-state index contributed by atoms with van der Waals surface area (Å²) in [5.41, 5.74) is 3.23.